The SMILES string of the molecule is Cc1ccc(CCNCCCN)c(C)c1C. The van der Waals surface area contributed by atoms with Gasteiger partial charge >= 0.3 is 0 Å². The monoisotopic (exact) mass is 220 g/mol. The lowest BCUT2D eigenvalue weighted by Crippen LogP contribution is -2.21. The molecular formula is C14H24N2. The third-order valence-electron chi connectivity index (χ3n) is 3.30. The van der Waals surface area contributed by atoms with Crippen molar-refractivity contribution >= 4 is 0 Å². The largest absolute Gasteiger partial charge is 0.330 e. The van der Waals surface area contributed by atoms with Crippen LogP contribution < -0.4 is 11.1 Å². The Bertz CT molecular complexity index is 332. The fourth-order valence-electron chi connectivity index (χ4n) is 1.86. The Morgan fingerprint density at radius 2 is 1.81 bits per heavy atom. The fourth-order valence-corrected chi connectivity index (χ4v) is 1.86. The lowest BCUT2D eigenvalue weighted by molar-refractivity contribution is 0.652. The number of hydrogen-bond acceptors (Lipinski definition) is 2. The number of hydrogen-bond donors (Lipinski definition) is 2. The molecule has 1 aromatic carbocycles. The summed E-state index contributed by atoms with van der Waals surface area (Å²) in [4.78, 5) is 0. The molecule has 0 unspecified atom stereocenters. The first-order valence-electron chi connectivity index (χ1n) is 6.13. The second-order valence-corrected chi connectivity index (χ2v) is 4.43. The van der Waals surface area contributed by atoms with Crippen LogP contribution in [-0.2, 0) is 6.42 Å². The molecule has 16 heavy (non-hydrogen) atoms. The van der Waals surface area contributed by atoms with Crippen LogP contribution in [0.5, 0.6) is 0 Å². The van der Waals surface area contributed by atoms with E-state index in [9.17, 15) is 0 Å². The highest BCUT2D eigenvalue weighted by molar-refractivity contribution is 5.38. The van der Waals surface area contributed by atoms with E-state index >= 15 is 0 Å². The van der Waals surface area contributed by atoms with Crippen molar-refractivity contribution in [2.24, 2.45) is 5.73 Å². The number of benzene rings is 1. The first-order chi connectivity index (χ1) is 7.66. The maximum Gasteiger partial charge on any atom is -0.000824 e. The van der Waals surface area contributed by atoms with Crippen LogP contribution in [0.3, 0.4) is 0 Å². The zero-order chi connectivity index (χ0) is 12.0. The second kappa shape index (κ2) is 6.66. The van der Waals surface area contributed by atoms with Gasteiger partial charge < -0.3 is 11.1 Å². The van der Waals surface area contributed by atoms with Crippen LogP contribution in [0.4, 0.5) is 0 Å². The molecule has 0 aliphatic carbocycles. The van der Waals surface area contributed by atoms with Gasteiger partial charge in [0.25, 0.3) is 0 Å². The van der Waals surface area contributed by atoms with E-state index in [-0.39, 0.29) is 0 Å². The molecule has 2 nitrogen and oxygen atoms in total. The summed E-state index contributed by atoms with van der Waals surface area (Å²) >= 11 is 0. The van der Waals surface area contributed by atoms with E-state index in [2.05, 4.69) is 38.2 Å². The third-order valence-corrected chi connectivity index (χ3v) is 3.30. The van der Waals surface area contributed by atoms with Crippen LogP contribution in [0.15, 0.2) is 12.1 Å². The average Bonchev–Trinajstić information content (AvgIpc) is 2.28. The molecule has 0 saturated carbocycles. The molecule has 1 rings (SSSR count). The maximum absolute atomic E-state index is 5.44. The fraction of sp³-hybridized carbons (Fsp3) is 0.571. The molecule has 90 valence electrons. The van der Waals surface area contributed by atoms with Gasteiger partial charge in [0.05, 0.1) is 0 Å². The van der Waals surface area contributed by atoms with Crippen molar-refractivity contribution in [3.05, 3.63) is 34.4 Å². The van der Waals surface area contributed by atoms with Gasteiger partial charge in [0.1, 0.15) is 0 Å². The minimum Gasteiger partial charge on any atom is -0.330 e. The normalized spacial score (nSPS) is 10.8. The summed E-state index contributed by atoms with van der Waals surface area (Å²) in [5.41, 5.74) is 11.2. The molecule has 0 aliphatic rings. The zero-order valence-electron chi connectivity index (χ0n) is 10.8. The molecule has 0 fully saturated rings. The van der Waals surface area contributed by atoms with Crippen molar-refractivity contribution in [1.29, 1.82) is 0 Å². The topological polar surface area (TPSA) is 38.0 Å². The van der Waals surface area contributed by atoms with E-state index in [0.29, 0.717) is 0 Å². The Balaban J connectivity index is 2.45. The molecule has 0 heterocycles. The first kappa shape index (κ1) is 13.2. The molecule has 3 N–H and O–H groups in total. The van der Waals surface area contributed by atoms with Gasteiger partial charge in [-0.1, -0.05) is 12.1 Å². The van der Waals surface area contributed by atoms with E-state index in [1.165, 1.54) is 22.3 Å². The molecule has 0 atom stereocenters. The smallest absolute Gasteiger partial charge is 0.000824 e. The Morgan fingerprint density at radius 3 is 2.50 bits per heavy atom. The summed E-state index contributed by atoms with van der Waals surface area (Å²) in [6, 6.07) is 4.47. The number of nitrogens with two attached hydrogens (primary N) is 1. The van der Waals surface area contributed by atoms with E-state index < -0.39 is 0 Å². The summed E-state index contributed by atoms with van der Waals surface area (Å²) in [5, 5.41) is 3.42. The molecule has 0 amide bonds. The van der Waals surface area contributed by atoms with Gasteiger partial charge in [-0.05, 0) is 75.5 Å². The molecule has 0 spiro atoms. The number of aryl methyl sites for hydroxylation is 1. The van der Waals surface area contributed by atoms with Gasteiger partial charge in [-0.2, -0.15) is 0 Å². The summed E-state index contributed by atoms with van der Waals surface area (Å²) < 4.78 is 0. The molecule has 0 radical (unpaired) electrons. The van der Waals surface area contributed by atoms with Crippen LogP contribution in [0.2, 0.25) is 0 Å². The molecule has 0 aromatic heterocycles. The van der Waals surface area contributed by atoms with E-state index in [1.807, 2.05) is 0 Å². The summed E-state index contributed by atoms with van der Waals surface area (Å²) in [5.74, 6) is 0. The van der Waals surface area contributed by atoms with Gasteiger partial charge in [0.15, 0.2) is 0 Å². The number of nitrogens with one attached hydrogen (secondary N) is 1. The highest BCUT2D eigenvalue weighted by Crippen LogP contribution is 2.17. The highest BCUT2D eigenvalue weighted by atomic mass is 14.8. The van der Waals surface area contributed by atoms with Gasteiger partial charge in [0, 0.05) is 0 Å². The van der Waals surface area contributed by atoms with Crippen LogP contribution >= 0.6 is 0 Å². The summed E-state index contributed by atoms with van der Waals surface area (Å²) in [7, 11) is 0. The van der Waals surface area contributed by atoms with E-state index in [0.717, 1.165) is 32.5 Å². The Hall–Kier alpha value is -0.860. The Kier molecular flexibility index (Phi) is 5.50. The molecule has 1 aromatic rings. The second-order valence-electron chi connectivity index (χ2n) is 4.43. The molecular weight excluding hydrogens is 196 g/mol. The number of rotatable bonds is 6. The van der Waals surface area contributed by atoms with E-state index in [1.54, 1.807) is 0 Å². The van der Waals surface area contributed by atoms with Gasteiger partial charge in [0.2, 0.25) is 0 Å². The zero-order valence-corrected chi connectivity index (χ0v) is 10.8. The molecule has 0 saturated heterocycles. The average molecular weight is 220 g/mol. The quantitative estimate of drug-likeness (QED) is 0.720. The maximum atomic E-state index is 5.44. The highest BCUT2D eigenvalue weighted by Gasteiger charge is 2.02. The van der Waals surface area contributed by atoms with Crippen LogP contribution in [0, 0.1) is 20.8 Å². The first-order valence-corrected chi connectivity index (χ1v) is 6.13. The Labute approximate surface area is 99.2 Å². The van der Waals surface area contributed by atoms with Crippen molar-refractivity contribution in [2.75, 3.05) is 19.6 Å². The standard InChI is InChI=1S/C14H24N2/c1-11-5-6-14(13(3)12(11)2)7-10-16-9-4-8-15/h5-6,16H,4,7-10,15H2,1-3H3. The van der Waals surface area contributed by atoms with Crippen molar-refractivity contribution < 1.29 is 0 Å². The minimum absolute atomic E-state index is 0.773. The predicted octanol–water partition coefficient (Wildman–Crippen LogP) is 2.09. The van der Waals surface area contributed by atoms with Gasteiger partial charge in [-0.3, -0.25) is 0 Å². The summed E-state index contributed by atoms with van der Waals surface area (Å²) in [6.07, 6.45) is 2.17. The minimum atomic E-state index is 0.773. The molecule has 0 aliphatic heterocycles. The lowest BCUT2D eigenvalue weighted by atomic mass is 9.97. The van der Waals surface area contributed by atoms with Gasteiger partial charge in [-0.15, -0.1) is 0 Å². The molecule has 0 bridgehead atoms. The van der Waals surface area contributed by atoms with Crippen molar-refractivity contribution in [3.8, 4) is 0 Å². The van der Waals surface area contributed by atoms with Crippen molar-refractivity contribution in [3.63, 3.8) is 0 Å². The van der Waals surface area contributed by atoms with Crippen molar-refractivity contribution in [2.45, 2.75) is 33.6 Å². The predicted molar refractivity (Wildman–Crippen MR) is 70.9 cm³/mol. The van der Waals surface area contributed by atoms with Crippen LogP contribution in [0.25, 0.3) is 0 Å². The van der Waals surface area contributed by atoms with Gasteiger partial charge in [-0.25, -0.2) is 0 Å². The molecule has 2 heteroatoms. The summed E-state index contributed by atoms with van der Waals surface area (Å²) in [6.45, 7) is 9.44. The van der Waals surface area contributed by atoms with Crippen LogP contribution in [-0.4, -0.2) is 19.6 Å². The van der Waals surface area contributed by atoms with E-state index in [4.69, 9.17) is 5.73 Å². The van der Waals surface area contributed by atoms with Crippen LogP contribution in [0.1, 0.15) is 28.7 Å². The third kappa shape index (κ3) is 3.62. The van der Waals surface area contributed by atoms with Crippen molar-refractivity contribution in [1.82, 2.24) is 5.32 Å². The lowest BCUT2D eigenvalue weighted by Gasteiger charge is -2.11. The Morgan fingerprint density at radius 1 is 1.06 bits per heavy atom.